The summed E-state index contributed by atoms with van der Waals surface area (Å²) >= 11 is 18.6. The van der Waals surface area contributed by atoms with E-state index < -0.39 is 23.2 Å². The molecule has 3 amide bonds. The topological polar surface area (TPSA) is 100 Å². The van der Waals surface area contributed by atoms with Crippen LogP contribution >= 0.6 is 34.8 Å². The van der Waals surface area contributed by atoms with E-state index in [1.54, 1.807) is 0 Å². The molecule has 1 saturated heterocycles. The number of anilines is 1. The number of carbonyl (C=O) groups is 3. The van der Waals surface area contributed by atoms with E-state index in [-0.39, 0.29) is 39.8 Å². The Labute approximate surface area is 242 Å². The summed E-state index contributed by atoms with van der Waals surface area (Å²) < 4.78 is 6.08. The normalized spacial score (nSPS) is 26.5. The highest BCUT2D eigenvalue weighted by molar-refractivity contribution is 6.42. The van der Waals surface area contributed by atoms with Crippen LogP contribution < -0.4 is 15.6 Å². The molecular formula is C28H29Cl3N4O4. The number of halogens is 3. The first-order chi connectivity index (χ1) is 18.5. The third-order valence-electron chi connectivity index (χ3n) is 8.05. The smallest absolute Gasteiger partial charge is 0.408 e. The third kappa shape index (κ3) is 4.77. The maximum Gasteiger partial charge on any atom is 0.408 e. The lowest BCUT2D eigenvalue weighted by Gasteiger charge is -2.47. The van der Waals surface area contributed by atoms with Gasteiger partial charge in [0, 0.05) is 16.5 Å². The predicted octanol–water partition coefficient (Wildman–Crippen LogP) is 6.40. The lowest BCUT2D eigenvalue weighted by molar-refractivity contribution is -0.127. The van der Waals surface area contributed by atoms with E-state index in [9.17, 15) is 14.4 Å². The van der Waals surface area contributed by atoms with E-state index in [1.807, 2.05) is 32.9 Å². The van der Waals surface area contributed by atoms with Crippen LogP contribution in [0.25, 0.3) is 0 Å². The van der Waals surface area contributed by atoms with Crippen LogP contribution in [-0.2, 0) is 19.9 Å². The van der Waals surface area contributed by atoms with Gasteiger partial charge in [-0.05, 0) is 57.2 Å². The van der Waals surface area contributed by atoms with Crippen LogP contribution in [0.4, 0.5) is 10.5 Å². The standard InChI is InChI=1S/C28H29Cl3N4O4/c1-4-28(19-8-7-15(2)10-16(19)3)27(33-26(38)39-28)9-5-6-17(14-27)25(37)32-22-13-23(36)35(34-22)24-20(30)11-18(29)12-21(24)31/h7-8,10-12,17H,4-6,9,13-14H2,1-3H3,(H,33,38)(H,32,34,37). The lowest BCUT2D eigenvalue weighted by atomic mass is 9.63. The molecule has 3 atom stereocenters. The van der Waals surface area contributed by atoms with Gasteiger partial charge in [0.2, 0.25) is 5.91 Å². The van der Waals surface area contributed by atoms with Crippen molar-refractivity contribution in [2.24, 2.45) is 11.0 Å². The van der Waals surface area contributed by atoms with Crippen LogP contribution in [0.15, 0.2) is 35.4 Å². The molecule has 3 unspecified atom stereocenters. The van der Waals surface area contributed by atoms with Gasteiger partial charge in [0.15, 0.2) is 5.60 Å². The highest BCUT2D eigenvalue weighted by Crippen LogP contribution is 2.53. The zero-order valence-electron chi connectivity index (χ0n) is 21.9. The number of nitrogens with zero attached hydrogens (tertiary/aromatic N) is 2. The summed E-state index contributed by atoms with van der Waals surface area (Å²) in [4.78, 5) is 39.0. The molecule has 3 aliphatic rings. The average molecular weight is 592 g/mol. The Kier molecular flexibility index (Phi) is 7.33. The second-order valence-corrected chi connectivity index (χ2v) is 11.8. The number of cyclic esters (lactones) is 1. The SMILES string of the molecule is CCC1(c2ccc(C)cc2C)OC(=O)NC12CCCC(C(=O)NC1=NN(c3c(Cl)cc(Cl)cc3Cl)C(=O)C1)C2. The summed E-state index contributed by atoms with van der Waals surface area (Å²) in [7, 11) is 0. The molecule has 2 heterocycles. The molecule has 39 heavy (non-hydrogen) atoms. The number of hydrogen-bond donors (Lipinski definition) is 2. The average Bonchev–Trinajstić information content (AvgIpc) is 3.34. The minimum atomic E-state index is -0.902. The quantitative estimate of drug-likeness (QED) is 0.429. The van der Waals surface area contributed by atoms with Gasteiger partial charge in [0.1, 0.15) is 11.5 Å². The van der Waals surface area contributed by atoms with Crippen LogP contribution in [0.3, 0.4) is 0 Å². The van der Waals surface area contributed by atoms with Gasteiger partial charge in [-0.1, -0.05) is 71.9 Å². The van der Waals surface area contributed by atoms with Crippen molar-refractivity contribution in [1.82, 2.24) is 10.6 Å². The molecular weight excluding hydrogens is 563 g/mol. The van der Waals surface area contributed by atoms with Crippen molar-refractivity contribution in [2.75, 3.05) is 5.01 Å². The van der Waals surface area contributed by atoms with Gasteiger partial charge in [-0.25, -0.2) is 4.79 Å². The number of benzene rings is 2. The predicted molar refractivity (Wildman–Crippen MR) is 151 cm³/mol. The Hall–Kier alpha value is -2.81. The summed E-state index contributed by atoms with van der Waals surface area (Å²) in [6.07, 6.45) is 2.41. The largest absolute Gasteiger partial charge is 0.436 e. The number of ether oxygens (including phenoxy) is 1. The fourth-order valence-electron chi connectivity index (χ4n) is 6.39. The number of hydrazone groups is 1. The molecule has 2 aromatic carbocycles. The van der Waals surface area contributed by atoms with Crippen molar-refractivity contribution in [3.05, 3.63) is 62.1 Å². The molecule has 0 aromatic heterocycles. The van der Waals surface area contributed by atoms with E-state index in [1.165, 1.54) is 12.1 Å². The highest BCUT2D eigenvalue weighted by Gasteiger charge is 2.62. The Morgan fingerprint density at radius 1 is 1.18 bits per heavy atom. The fraction of sp³-hybridized carbons (Fsp3) is 0.429. The highest BCUT2D eigenvalue weighted by atomic mass is 35.5. The first kappa shape index (κ1) is 27.7. The van der Waals surface area contributed by atoms with Gasteiger partial charge in [0.05, 0.1) is 22.0 Å². The summed E-state index contributed by atoms with van der Waals surface area (Å²) in [5, 5.41) is 12.0. The van der Waals surface area contributed by atoms with Crippen molar-refractivity contribution >= 4 is 64.2 Å². The molecule has 0 bridgehead atoms. The van der Waals surface area contributed by atoms with Crippen molar-refractivity contribution < 1.29 is 19.1 Å². The Morgan fingerprint density at radius 2 is 1.90 bits per heavy atom. The van der Waals surface area contributed by atoms with Crippen LogP contribution in [0, 0.1) is 19.8 Å². The number of rotatable bonds is 4. The summed E-state index contributed by atoms with van der Waals surface area (Å²) in [5.41, 5.74) is 1.67. The molecule has 1 spiro atoms. The molecule has 206 valence electrons. The van der Waals surface area contributed by atoms with Gasteiger partial charge < -0.3 is 15.4 Å². The second kappa shape index (κ2) is 10.3. The van der Waals surface area contributed by atoms with Crippen LogP contribution in [0.1, 0.15) is 62.1 Å². The number of carbonyl (C=O) groups excluding carboxylic acids is 3. The van der Waals surface area contributed by atoms with Crippen molar-refractivity contribution in [3.8, 4) is 0 Å². The Balaban J connectivity index is 1.40. The van der Waals surface area contributed by atoms with Crippen molar-refractivity contribution in [3.63, 3.8) is 0 Å². The number of nitrogens with one attached hydrogen (secondary N) is 2. The number of aryl methyl sites for hydroxylation is 2. The molecule has 8 nitrogen and oxygen atoms in total. The molecule has 0 radical (unpaired) electrons. The first-order valence-corrected chi connectivity index (χ1v) is 14.1. The Morgan fingerprint density at radius 3 is 2.56 bits per heavy atom. The van der Waals surface area contributed by atoms with E-state index in [4.69, 9.17) is 39.5 Å². The maximum atomic E-state index is 13.5. The molecule has 2 fully saturated rings. The molecule has 2 N–H and O–H groups in total. The minimum Gasteiger partial charge on any atom is -0.436 e. The van der Waals surface area contributed by atoms with E-state index >= 15 is 0 Å². The summed E-state index contributed by atoms with van der Waals surface area (Å²) in [6.45, 7) is 6.05. The molecule has 5 rings (SSSR count). The number of hydrogen-bond acceptors (Lipinski definition) is 5. The van der Waals surface area contributed by atoms with E-state index in [0.717, 1.165) is 28.1 Å². The van der Waals surface area contributed by atoms with Gasteiger partial charge in [-0.3, -0.25) is 9.59 Å². The lowest BCUT2D eigenvalue weighted by Crippen LogP contribution is -2.59. The van der Waals surface area contributed by atoms with Gasteiger partial charge in [-0.15, -0.1) is 0 Å². The van der Waals surface area contributed by atoms with Gasteiger partial charge >= 0.3 is 6.09 Å². The number of amidine groups is 1. The van der Waals surface area contributed by atoms with Crippen LogP contribution in [-0.4, -0.2) is 29.3 Å². The van der Waals surface area contributed by atoms with Gasteiger partial charge in [0.25, 0.3) is 5.91 Å². The number of amides is 3. The second-order valence-electron chi connectivity index (χ2n) is 10.5. The van der Waals surface area contributed by atoms with Crippen molar-refractivity contribution in [2.45, 2.75) is 70.4 Å². The Bertz CT molecular complexity index is 1390. The van der Waals surface area contributed by atoms with Crippen molar-refractivity contribution in [1.29, 1.82) is 0 Å². The van der Waals surface area contributed by atoms with Gasteiger partial charge in [-0.2, -0.15) is 10.1 Å². The zero-order valence-corrected chi connectivity index (χ0v) is 24.1. The zero-order chi connectivity index (χ0) is 28.1. The molecule has 1 saturated carbocycles. The third-order valence-corrected chi connectivity index (χ3v) is 8.85. The molecule has 2 aromatic rings. The first-order valence-electron chi connectivity index (χ1n) is 12.9. The van der Waals surface area contributed by atoms with E-state index in [2.05, 4.69) is 21.8 Å². The minimum absolute atomic E-state index is 0.111. The van der Waals surface area contributed by atoms with E-state index in [0.29, 0.717) is 30.7 Å². The van der Waals surface area contributed by atoms with Crippen LogP contribution in [0.2, 0.25) is 15.1 Å². The molecule has 1 aliphatic carbocycles. The summed E-state index contributed by atoms with van der Waals surface area (Å²) in [5.74, 6) is -0.864. The molecule has 11 heteroatoms. The summed E-state index contributed by atoms with van der Waals surface area (Å²) in [6, 6.07) is 9.07. The number of alkyl carbamates (subject to hydrolysis) is 1. The monoisotopic (exact) mass is 590 g/mol. The fourth-order valence-corrected chi connectivity index (χ4v) is 7.37. The molecule has 2 aliphatic heterocycles. The maximum absolute atomic E-state index is 13.5. The van der Waals surface area contributed by atoms with Crippen LogP contribution in [0.5, 0.6) is 0 Å².